The highest BCUT2D eigenvalue weighted by molar-refractivity contribution is 9.10. The molecule has 2 N–H and O–H groups in total. The van der Waals surface area contributed by atoms with Crippen molar-refractivity contribution in [1.82, 2.24) is 10.6 Å². The molecule has 1 aromatic carbocycles. The number of methoxy groups -OCH3 is 1. The topological polar surface area (TPSA) is 59.6 Å². The summed E-state index contributed by atoms with van der Waals surface area (Å²) in [6, 6.07) is 5.28. The van der Waals surface area contributed by atoms with Crippen LogP contribution in [0.15, 0.2) is 22.7 Å². The number of benzene rings is 1. The van der Waals surface area contributed by atoms with E-state index in [4.69, 9.17) is 21.1 Å². The SMILES string of the molecule is COCCCNC(=O)NCCCOc1ccc(Br)cc1Cl. The third-order valence-electron chi connectivity index (χ3n) is 2.57. The fourth-order valence-electron chi connectivity index (χ4n) is 1.53. The summed E-state index contributed by atoms with van der Waals surface area (Å²) in [5.41, 5.74) is 0. The Morgan fingerprint density at radius 3 is 2.52 bits per heavy atom. The van der Waals surface area contributed by atoms with Crippen molar-refractivity contribution in [3.05, 3.63) is 27.7 Å². The van der Waals surface area contributed by atoms with E-state index in [1.165, 1.54) is 0 Å². The van der Waals surface area contributed by atoms with Crippen LogP contribution in [0.2, 0.25) is 5.02 Å². The summed E-state index contributed by atoms with van der Waals surface area (Å²) in [5, 5.41) is 6.07. The van der Waals surface area contributed by atoms with Gasteiger partial charge in [0.25, 0.3) is 0 Å². The zero-order valence-corrected chi connectivity index (χ0v) is 14.3. The van der Waals surface area contributed by atoms with Crippen molar-refractivity contribution in [2.75, 3.05) is 33.4 Å². The van der Waals surface area contributed by atoms with Crippen molar-refractivity contribution in [3.63, 3.8) is 0 Å². The van der Waals surface area contributed by atoms with Gasteiger partial charge in [-0.3, -0.25) is 0 Å². The fourth-order valence-corrected chi connectivity index (χ4v) is 2.26. The number of hydrogen-bond acceptors (Lipinski definition) is 3. The molecular formula is C14H20BrClN2O3. The molecule has 7 heteroatoms. The Morgan fingerprint density at radius 1 is 1.24 bits per heavy atom. The molecule has 0 bridgehead atoms. The Bertz CT molecular complexity index is 446. The van der Waals surface area contributed by atoms with Crippen LogP contribution in [0.5, 0.6) is 5.75 Å². The minimum absolute atomic E-state index is 0.173. The van der Waals surface area contributed by atoms with E-state index in [0.29, 0.717) is 43.5 Å². The number of ether oxygens (including phenoxy) is 2. The molecule has 118 valence electrons. The third kappa shape index (κ3) is 8.14. The lowest BCUT2D eigenvalue weighted by Crippen LogP contribution is -2.37. The highest BCUT2D eigenvalue weighted by atomic mass is 79.9. The highest BCUT2D eigenvalue weighted by Gasteiger charge is 2.02. The number of carbonyl (C=O) groups excluding carboxylic acids is 1. The molecule has 0 saturated carbocycles. The Hall–Kier alpha value is -0.980. The van der Waals surface area contributed by atoms with E-state index in [2.05, 4.69) is 26.6 Å². The van der Waals surface area contributed by atoms with Gasteiger partial charge in [0, 0.05) is 31.3 Å². The number of amides is 2. The summed E-state index contributed by atoms with van der Waals surface area (Å²) < 4.78 is 11.3. The molecule has 1 rings (SSSR count). The number of nitrogens with one attached hydrogen (secondary N) is 2. The molecule has 0 aliphatic heterocycles. The van der Waals surface area contributed by atoms with Gasteiger partial charge >= 0.3 is 6.03 Å². The summed E-state index contributed by atoms with van der Waals surface area (Å²) in [4.78, 5) is 11.4. The molecule has 0 aliphatic carbocycles. The van der Waals surface area contributed by atoms with Crippen LogP contribution in [-0.2, 0) is 4.74 Å². The lowest BCUT2D eigenvalue weighted by atomic mass is 10.3. The zero-order valence-electron chi connectivity index (χ0n) is 12.0. The lowest BCUT2D eigenvalue weighted by molar-refractivity contribution is 0.193. The van der Waals surface area contributed by atoms with Crippen LogP contribution in [-0.4, -0.2) is 39.4 Å². The van der Waals surface area contributed by atoms with Gasteiger partial charge in [-0.15, -0.1) is 0 Å². The summed E-state index contributed by atoms with van der Waals surface area (Å²) in [7, 11) is 1.64. The fraction of sp³-hybridized carbons (Fsp3) is 0.500. The van der Waals surface area contributed by atoms with Crippen molar-refractivity contribution in [3.8, 4) is 5.75 Å². The van der Waals surface area contributed by atoms with Gasteiger partial charge in [-0.1, -0.05) is 27.5 Å². The van der Waals surface area contributed by atoms with Crippen molar-refractivity contribution in [2.24, 2.45) is 0 Å². The van der Waals surface area contributed by atoms with Gasteiger partial charge in [-0.25, -0.2) is 4.79 Å². The Kier molecular flexibility index (Phi) is 9.21. The quantitative estimate of drug-likeness (QED) is 0.648. The number of carbonyl (C=O) groups is 1. The van der Waals surface area contributed by atoms with Crippen LogP contribution in [0.25, 0.3) is 0 Å². The van der Waals surface area contributed by atoms with Crippen molar-refractivity contribution in [2.45, 2.75) is 12.8 Å². The second kappa shape index (κ2) is 10.7. The first-order valence-corrected chi connectivity index (χ1v) is 7.89. The van der Waals surface area contributed by atoms with E-state index in [9.17, 15) is 4.79 Å². The van der Waals surface area contributed by atoms with Crippen molar-refractivity contribution < 1.29 is 14.3 Å². The number of halogens is 2. The molecule has 1 aromatic rings. The molecule has 21 heavy (non-hydrogen) atoms. The zero-order chi connectivity index (χ0) is 15.5. The summed E-state index contributed by atoms with van der Waals surface area (Å²) in [6.45, 7) is 2.28. The molecule has 0 saturated heterocycles. The first-order chi connectivity index (χ1) is 10.1. The summed E-state index contributed by atoms with van der Waals surface area (Å²) >= 11 is 9.36. The molecule has 0 aromatic heterocycles. The second-order valence-corrected chi connectivity index (χ2v) is 5.63. The van der Waals surface area contributed by atoms with Crippen LogP contribution in [0, 0.1) is 0 Å². The van der Waals surface area contributed by atoms with Crippen molar-refractivity contribution >= 4 is 33.6 Å². The predicted molar refractivity (Wildman–Crippen MR) is 87.2 cm³/mol. The van der Waals surface area contributed by atoms with Gasteiger partial charge in [0.05, 0.1) is 11.6 Å². The van der Waals surface area contributed by atoms with Gasteiger partial charge in [0.15, 0.2) is 0 Å². The largest absolute Gasteiger partial charge is 0.492 e. The standard InChI is InChI=1S/C14H20BrClN2O3/c1-20-8-2-6-17-14(19)18-7-3-9-21-13-5-4-11(15)10-12(13)16/h4-5,10H,2-3,6-9H2,1H3,(H2,17,18,19). The van der Waals surface area contributed by atoms with Gasteiger partial charge in [-0.2, -0.15) is 0 Å². The van der Waals surface area contributed by atoms with E-state index in [1.54, 1.807) is 13.2 Å². The monoisotopic (exact) mass is 378 g/mol. The molecular weight excluding hydrogens is 360 g/mol. The molecule has 0 spiro atoms. The molecule has 2 amide bonds. The van der Waals surface area contributed by atoms with Crippen LogP contribution in [0.4, 0.5) is 4.79 Å². The minimum atomic E-state index is -0.173. The van der Waals surface area contributed by atoms with Gasteiger partial charge in [0.2, 0.25) is 0 Å². The number of rotatable bonds is 9. The van der Waals surface area contributed by atoms with E-state index in [1.807, 2.05) is 12.1 Å². The maximum absolute atomic E-state index is 11.4. The summed E-state index contributed by atoms with van der Waals surface area (Å²) in [6.07, 6.45) is 1.51. The van der Waals surface area contributed by atoms with Gasteiger partial charge < -0.3 is 20.1 Å². The molecule has 0 radical (unpaired) electrons. The molecule has 0 atom stereocenters. The lowest BCUT2D eigenvalue weighted by Gasteiger charge is -2.09. The Balaban J connectivity index is 2.07. The molecule has 0 heterocycles. The number of urea groups is 1. The molecule has 0 fully saturated rings. The van der Waals surface area contributed by atoms with Crippen LogP contribution in [0.1, 0.15) is 12.8 Å². The Morgan fingerprint density at radius 2 is 1.90 bits per heavy atom. The maximum atomic E-state index is 11.4. The Labute approximate surface area is 138 Å². The van der Waals surface area contributed by atoms with Crippen LogP contribution in [0.3, 0.4) is 0 Å². The maximum Gasteiger partial charge on any atom is 0.314 e. The molecule has 0 unspecified atom stereocenters. The van der Waals surface area contributed by atoms with E-state index < -0.39 is 0 Å². The highest BCUT2D eigenvalue weighted by Crippen LogP contribution is 2.27. The average molecular weight is 380 g/mol. The van der Waals surface area contributed by atoms with Crippen LogP contribution >= 0.6 is 27.5 Å². The molecule has 0 aliphatic rings. The first kappa shape index (κ1) is 18.1. The summed E-state index contributed by atoms with van der Waals surface area (Å²) in [5.74, 6) is 0.642. The van der Waals surface area contributed by atoms with E-state index >= 15 is 0 Å². The smallest absolute Gasteiger partial charge is 0.314 e. The minimum Gasteiger partial charge on any atom is -0.492 e. The average Bonchev–Trinajstić information content (AvgIpc) is 2.45. The van der Waals surface area contributed by atoms with Crippen molar-refractivity contribution in [1.29, 1.82) is 0 Å². The molecule has 5 nitrogen and oxygen atoms in total. The van der Waals surface area contributed by atoms with Gasteiger partial charge in [0.1, 0.15) is 5.75 Å². The van der Waals surface area contributed by atoms with Gasteiger partial charge in [-0.05, 0) is 31.0 Å². The van der Waals surface area contributed by atoms with E-state index in [0.717, 1.165) is 10.9 Å². The first-order valence-electron chi connectivity index (χ1n) is 6.72. The predicted octanol–water partition coefficient (Wildman–Crippen LogP) is 3.21. The third-order valence-corrected chi connectivity index (χ3v) is 3.36. The van der Waals surface area contributed by atoms with E-state index in [-0.39, 0.29) is 6.03 Å². The normalized spacial score (nSPS) is 10.2. The second-order valence-electron chi connectivity index (χ2n) is 4.31. The van der Waals surface area contributed by atoms with Crippen LogP contribution < -0.4 is 15.4 Å². The number of hydrogen-bond donors (Lipinski definition) is 2.